The highest BCUT2D eigenvalue weighted by Gasteiger charge is 2.33. The fraction of sp³-hybridized carbons (Fsp3) is 0.520. The summed E-state index contributed by atoms with van der Waals surface area (Å²) < 4.78 is 16.6. The van der Waals surface area contributed by atoms with Crippen LogP contribution in [0.2, 0.25) is 0 Å². The molecular formula is C25H37IN4O3. The fourth-order valence-electron chi connectivity index (χ4n) is 4.06. The van der Waals surface area contributed by atoms with Gasteiger partial charge in [0.15, 0.2) is 5.96 Å². The van der Waals surface area contributed by atoms with Gasteiger partial charge in [-0.05, 0) is 42.4 Å². The molecule has 1 heterocycles. The van der Waals surface area contributed by atoms with Gasteiger partial charge in [0.25, 0.3) is 0 Å². The van der Waals surface area contributed by atoms with Crippen LogP contribution >= 0.6 is 24.0 Å². The van der Waals surface area contributed by atoms with Gasteiger partial charge in [0, 0.05) is 46.1 Å². The highest BCUT2D eigenvalue weighted by molar-refractivity contribution is 14.0. The quantitative estimate of drug-likeness (QED) is 0.171. The Balaban J connectivity index is 0.00000385. The van der Waals surface area contributed by atoms with E-state index in [1.54, 1.807) is 14.2 Å². The average Bonchev–Trinajstić information content (AvgIpc) is 3.31. The van der Waals surface area contributed by atoms with Crippen molar-refractivity contribution < 1.29 is 14.2 Å². The maximum absolute atomic E-state index is 5.67. The van der Waals surface area contributed by atoms with Crippen LogP contribution in [-0.2, 0) is 11.3 Å². The molecule has 8 heteroatoms. The highest BCUT2D eigenvalue weighted by Crippen LogP contribution is 2.40. The minimum atomic E-state index is 0. The van der Waals surface area contributed by atoms with Crippen molar-refractivity contribution in [2.45, 2.75) is 38.6 Å². The van der Waals surface area contributed by atoms with Crippen LogP contribution in [0.3, 0.4) is 0 Å². The van der Waals surface area contributed by atoms with Crippen molar-refractivity contribution in [3.05, 3.63) is 54.2 Å². The second-order valence-corrected chi connectivity index (χ2v) is 8.24. The normalized spacial score (nSPS) is 14.9. The summed E-state index contributed by atoms with van der Waals surface area (Å²) in [4.78, 5) is 8.76. The molecule has 0 spiro atoms. The van der Waals surface area contributed by atoms with Crippen LogP contribution in [0.5, 0.6) is 11.6 Å². The molecule has 0 atom stereocenters. The predicted octanol–water partition coefficient (Wildman–Crippen LogP) is 4.42. The van der Waals surface area contributed by atoms with Crippen molar-refractivity contribution in [3.63, 3.8) is 0 Å². The SMILES string of the molecule is CN=C(NCc1ccc(OCCOc2ccccc2)nc1)NCC1(CCOC)CCCC1.I. The van der Waals surface area contributed by atoms with Crippen molar-refractivity contribution >= 4 is 29.9 Å². The molecule has 0 aliphatic heterocycles. The van der Waals surface area contributed by atoms with E-state index in [9.17, 15) is 0 Å². The summed E-state index contributed by atoms with van der Waals surface area (Å²) in [6.07, 6.45) is 8.02. The number of aliphatic imine (C=N–C) groups is 1. The van der Waals surface area contributed by atoms with Crippen LogP contribution in [0, 0.1) is 5.41 Å². The lowest BCUT2D eigenvalue weighted by atomic mass is 9.83. The van der Waals surface area contributed by atoms with Gasteiger partial charge in [-0.15, -0.1) is 24.0 Å². The molecule has 0 saturated heterocycles. The number of guanidine groups is 1. The number of halogens is 1. The number of aromatic nitrogens is 1. The van der Waals surface area contributed by atoms with Crippen molar-refractivity contribution in [2.75, 3.05) is 40.5 Å². The summed E-state index contributed by atoms with van der Waals surface area (Å²) >= 11 is 0. The van der Waals surface area contributed by atoms with E-state index in [0.717, 1.165) is 36.8 Å². The molecule has 0 unspecified atom stereocenters. The summed E-state index contributed by atoms with van der Waals surface area (Å²) in [5.41, 5.74) is 1.38. The van der Waals surface area contributed by atoms with E-state index in [4.69, 9.17) is 14.2 Å². The lowest BCUT2D eigenvalue weighted by molar-refractivity contribution is 0.138. The first kappa shape index (κ1) is 27.2. The number of hydrogen-bond acceptors (Lipinski definition) is 5. The standard InChI is InChI=1S/C25H36N4O3.HI/c1-26-24(29-20-25(14-15-30-2)12-6-7-13-25)28-19-21-10-11-23(27-18-21)32-17-16-31-22-8-4-3-5-9-22;/h3-5,8-11,18H,6-7,12-17,19-20H2,1-2H3,(H2,26,28,29);1H. The van der Waals surface area contributed by atoms with Crippen molar-refractivity contribution in [1.29, 1.82) is 0 Å². The molecule has 2 N–H and O–H groups in total. The van der Waals surface area contributed by atoms with Gasteiger partial charge in [0.2, 0.25) is 5.88 Å². The summed E-state index contributed by atoms with van der Waals surface area (Å²) in [6.45, 7) is 3.30. The zero-order chi connectivity index (χ0) is 22.5. The van der Waals surface area contributed by atoms with Gasteiger partial charge >= 0.3 is 0 Å². The van der Waals surface area contributed by atoms with Gasteiger partial charge in [0.05, 0.1) is 0 Å². The Bertz CT molecular complexity index is 812. The Morgan fingerprint density at radius 2 is 1.76 bits per heavy atom. The van der Waals surface area contributed by atoms with Gasteiger partial charge < -0.3 is 24.8 Å². The Morgan fingerprint density at radius 1 is 1.00 bits per heavy atom. The lowest BCUT2D eigenvalue weighted by Gasteiger charge is -2.30. The maximum Gasteiger partial charge on any atom is 0.213 e. The smallest absolute Gasteiger partial charge is 0.213 e. The first-order chi connectivity index (χ1) is 15.7. The van der Waals surface area contributed by atoms with Crippen LogP contribution in [-0.4, -0.2) is 51.5 Å². The van der Waals surface area contributed by atoms with E-state index in [1.807, 2.05) is 48.7 Å². The molecule has 0 amide bonds. The van der Waals surface area contributed by atoms with Crippen LogP contribution < -0.4 is 20.1 Å². The molecule has 0 radical (unpaired) electrons. The van der Waals surface area contributed by atoms with Gasteiger partial charge in [-0.25, -0.2) is 4.98 Å². The second kappa shape index (κ2) is 15.0. The number of nitrogens with zero attached hydrogens (tertiary/aromatic N) is 2. The van der Waals surface area contributed by atoms with Gasteiger partial charge in [-0.3, -0.25) is 4.99 Å². The Morgan fingerprint density at radius 3 is 2.42 bits per heavy atom. The summed E-state index contributed by atoms with van der Waals surface area (Å²) in [5.74, 6) is 2.24. The molecule has 1 aromatic heterocycles. The molecule has 1 aliphatic rings. The number of hydrogen-bond donors (Lipinski definition) is 2. The topological polar surface area (TPSA) is 77.0 Å². The predicted molar refractivity (Wildman–Crippen MR) is 143 cm³/mol. The molecule has 182 valence electrons. The van der Waals surface area contributed by atoms with Crippen LogP contribution in [0.1, 0.15) is 37.7 Å². The van der Waals surface area contributed by atoms with Crippen LogP contribution in [0.25, 0.3) is 0 Å². The monoisotopic (exact) mass is 568 g/mol. The second-order valence-electron chi connectivity index (χ2n) is 8.24. The number of para-hydroxylation sites is 1. The van der Waals surface area contributed by atoms with E-state index in [1.165, 1.54) is 25.7 Å². The van der Waals surface area contributed by atoms with E-state index in [2.05, 4.69) is 20.6 Å². The molecular weight excluding hydrogens is 531 g/mol. The highest BCUT2D eigenvalue weighted by atomic mass is 127. The molecule has 1 aliphatic carbocycles. The maximum atomic E-state index is 5.67. The lowest BCUT2D eigenvalue weighted by Crippen LogP contribution is -2.43. The van der Waals surface area contributed by atoms with E-state index in [0.29, 0.717) is 31.1 Å². The molecule has 1 saturated carbocycles. The summed E-state index contributed by atoms with van der Waals surface area (Å²) in [7, 11) is 3.58. The van der Waals surface area contributed by atoms with E-state index >= 15 is 0 Å². The number of rotatable bonds is 12. The fourth-order valence-corrected chi connectivity index (χ4v) is 4.06. The molecule has 7 nitrogen and oxygen atoms in total. The van der Waals surface area contributed by atoms with Crippen LogP contribution in [0.15, 0.2) is 53.7 Å². The molecule has 0 bridgehead atoms. The number of pyridine rings is 1. The first-order valence-electron chi connectivity index (χ1n) is 11.4. The van der Waals surface area contributed by atoms with Crippen LogP contribution in [0.4, 0.5) is 0 Å². The molecule has 2 aromatic rings. The van der Waals surface area contributed by atoms with Gasteiger partial charge in [0.1, 0.15) is 19.0 Å². The zero-order valence-electron chi connectivity index (χ0n) is 19.7. The third kappa shape index (κ3) is 9.37. The largest absolute Gasteiger partial charge is 0.490 e. The third-order valence-corrected chi connectivity index (χ3v) is 5.96. The molecule has 33 heavy (non-hydrogen) atoms. The summed E-state index contributed by atoms with van der Waals surface area (Å²) in [5, 5.41) is 6.89. The minimum Gasteiger partial charge on any atom is -0.490 e. The van der Waals surface area contributed by atoms with Crippen molar-refractivity contribution in [1.82, 2.24) is 15.6 Å². The minimum absolute atomic E-state index is 0. The molecule has 1 fully saturated rings. The molecule has 3 rings (SSSR count). The number of ether oxygens (including phenoxy) is 3. The summed E-state index contributed by atoms with van der Waals surface area (Å²) in [6, 6.07) is 13.6. The van der Waals surface area contributed by atoms with Crippen molar-refractivity contribution in [3.8, 4) is 11.6 Å². The zero-order valence-corrected chi connectivity index (χ0v) is 22.0. The Kier molecular flexibility index (Phi) is 12.3. The van der Waals surface area contributed by atoms with E-state index in [-0.39, 0.29) is 24.0 Å². The van der Waals surface area contributed by atoms with E-state index < -0.39 is 0 Å². The number of methoxy groups -OCH3 is 1. The molecule has 1 aromatic carbocycles. The Labute approximate surface area is 214 Å². The van der Waals surface area contributed by atoms with Gasteiger partial charge in [-0.2, -0.15) is 0 Å². The first-order valence-corrected chi connectivity index (χ1v) is 11.4. The van der Waals surface area contributed by atoms with Crippen molar-refractivity contribution in [2.24, 2.45) is 10.4 Å². The Hall–Kier alpha value is -2.07. The number of nitrogens with one attached hydrogen (secondary N) is 2. The average molecular weight is 569 g/mol. The third-order valence-electron chi connectivity index (χ3n) is 5.96. The van der Waals surface area contributed by atoms with Gasteiger partial charge in [-0.1, -0.05) is 37.1 Å². The number of benzene rings is 1.